The summed E-state index contributed by atoms with van der Waals surface area (Å²) >= 11 is 0. The molecule has 2 N–H and O–H groups in total. The fourth-order valence-corrected chi connectivity index (χ4v) is 7.40. The third kappa shape index (κ3) is 2.97. The summed E-state index contributed by atoms with van der Waals surface area (Å²) < 4.78 is 2.23. The van der Waals surface area contributed by atoms with Crippen LogP contribution in [0.25, 0.3) is 11.8 Å². The number of hydrogen-bond acceptors (Lipinski definition) is 2. The van der Waals surface area contributed by atoms with Crippen LogP contribution in [0.3, 0.4) is 0 Å². The first kappa shape index (κ1) is 18.9. The number of carbonyl (C=O) groups is 2. The molecule has 5 aliphatic rings. The molecule has 4 bridgehead atoms. The summed E-state index contributed by atoms with van der Waals surface area (Å²) in [6.07, 6.45) is 10.3. The standard InChI is InChI=1S/C26H29N3O2/c1-15-7-20(11-23-24(30)28-25(31)27-23)16(2)29(15)22-5-3-21(4-6-22)26-12-17-8-18(13-26)10-19(9-17)14-26/h3-7,11,17-19H,8-10,12-14H2,1-2H3,(H2,27,28,30,31)/b23-11+. The summed E-state index contributed by atoms with van der Waals surface area (Å²) in [4.78, 5) is 23.3. The Bertz CT molecular complexity index is 1090. The average Bonchev–Trinajstić information content (AvgIpc) is 3.18. The van der Waals surface area contributed by atoms with E-state index >= 15 is 0 Å². The minimum Gasteiger partial charge on any atom is -0.318 e. The van der Waals surface area contributed by atoms with Crippen LogP contribution in [-0.4, -0.2) is 16.5 Å². The van der Waals surface area contributed by atoms with Crippen molar-refractivity contribution in [2.75, 3.05) is 0 Å². The first-order chi connectivity index (χ1) is 14.9. The molecule has 4 aliphatic carbocycles. The molecule has 5 heteroatoms. The van der Waals surface area contributed by atoms with Crippen LogP contribution in [-0.2, 0) is 10.2 Å². The van der Waals surface area contributed by atoms with Gasteiger partial charge in [-0.15, -0.1) is 0 Å². The van der Waals surface area contributed by atoms with Gasteiger partial charge < -0.3 is 9.88 Å². The van der Waals surface area contributed by atoms with Gasteiger partial charge in [0.25, 0.3) is 5.91 Å². The van der Waals surface area contributed by atoms with Crippen molar-refractivity contribution in [3.63, 3.8) is 0 Å². The van der Waals surface area contributed by atoms with Gasteiger partial charge in [-0.05, 0) is 111 Å². The van der Waals surface area contributed by atoms with Gasteiger partial charge in [0.15, 0.2) is 0 Å². The lowest BCUT2D eigenvalue weighted by molar-refractivity contribution is -0.115. The Labute approximate surface area is 182 Å². The molecule has 1 aromatic heterocycles. The first-order valence-electron chi connectivity index (χ1n) is 11.5. The number of aromatic nitrogens is 1. The highest BCUT2D eigenvalue weighted by molar-refractivity contribution is 6.14. The van der Waals surface area contributed by atoms with Crippen molar-refractivity contribution < 1.29 is 9.59 Å². The fraction of sp³-hybridized carbons (Fsp3) is 0.462. The van der Waals surface area contributed by atoms with Gasteiger partial charge in [-0.1, -0.05) is 12.1 Å². The molecule has 1 saturated heterocycles. The van der Waals surface area contributed by atoms with Gasteiger partial charge in [-0.3, -0.25) is 10.1 Å². The van der Waals surface area contributed by atoms with Crippen LogP contribution in [0.15, 0.2) is 36.0 Å². The van der Waals surface area contributed by atoms with Crippen LogP contribution in [0.1, 0.15) is 61.0 Å². The number of amides is 3. The maximum absolute atomic E-state index is 11.9. The quantitative estimate of drug-likeness (QED) is 0.562. The maximum atomic E-state index is 11.9. The van der Waals surface area contributed by atoms with Gasteiger partial charge in [0.2, 0.25) is 0 Å². The summed E-state index contributed by atoms with van der Waals surface area (Å²) in [6.45, 7) is 4.14. The Morgan fingerprint density at radius 2 is 1.55 bits per heavy atom. The number of carbonyl (C=O) groups excluding carboxylic acids is 2. The number of imide groups is 1. The van der Waals surface area contributed by atoms with E-state index in [1.54, 1.807) is 6.08 Å². The molecule has 7 rings (SSSR count). The molecule has 1 aromatic carbocycles. The van der Waals surface area contributed by atoms with Crippen molar-refractivity contribution in [3.05, 3.63) is 58.5 Å². The normalized spacial score (nSPS) is 32.6. The van der Waals surface area contributed by atoms with Crippen molar-refractivity contribution in [2.24, 2.45) is 17.8 Å². The summed E-state index contributed by atoms with van der Waals surface area (Å²) in [5.41, 5.74) is 6.49. The number of rotatable bonds is 3. The van der Waals surface area contributed by atoms with E-state index < -0.39 is 6.03 Å². The lowest BCUT2D eigenvalue weighted by Gasteiger charge is -2.57. The number of hydrogen-bond donors (Lipinski definition) is 2. The number of nitrogens with zero attached hydrogens (tertiary/aromatic N) is 1. The van der Waals surface area contributed by atoms with Gasteiger partial charge in [-0.2, -0.15) is 0 Å². The molecule has 2 aromatic rings. The van der Waals surface area contributed by atoms with Gasteiger partial charge >= 0.3 is 6.03 Å². The highest BCUT2D eigenvalue weighted by Gasteiger charge is 2.51. The summed E-state index contributed by atoms with van der Waals surface area (Å²) in [6, 6.07) is 10.8. The van der Waals surface area contributed by atoms with E-state index in [2.05, 4.69) is 59.4 Å². The zero-order valence-electron chi connectivity index (χ0n) is 18.2. The topological polar surface area (TPSA) is 63.1 Å². The Kier molecular flexibility index (Phi) is 4.02. The van der Waals surface area contributed by atoms with E-state index in [1.807, 2.05) is 0 Å². The van der Waals surface area contributed by atoms with Crippen molar-refractivity contribution in [3.8, 4) is 5.69 Å². The van der Waals surface area contributed by atoms with E-state index in [1.165, 1.54) is 44.1 Å². The Balaban J connectivity index is 1.31. The summed E-state index contributed by atoms with van der Waals surface area (Å²) in [5.74, 6) is 2.46. The second-order valence-electron chi connectivity index (χ2n) is 10.4. The molecule has 0 radical (unpaired) electrons. The minimum atomic E-state index is -0.467. The SMILES string of the molecule is Cc1cc(/C=C2/NC(=O)NC2=O)c(C)n1-c1ccc(C23CC4CC(CC(C4)C2)C3)cc1. The van der Waals surface area contributed by atoms with Crippen molar-refractivity contribution in [1.29, 1.82) is 0 Å². The Morgan fingerprint density at radius 1 is 0.935 bits per heavy atom. The Hall–Kier alpha value is -2.82. The molecule has 2 heterocycles. The van der Waals surface area contributed by atoms with Gasteiger partial charge in [0, 0.05) is 17.1 Å². The molecule has 160 valence electrons. The lowest BCUT2D eigenvalue weighted by Crippen LogP contribution is -2.48. The van der Waals surface area contributed by atoms with E-state index in [4.69, 9.17) is 0 Å². The number of urea groups is 1. The molecule has 31 heavy (non-hydrogen) atoms. The smallest absolute Gasteiger partial charge is 0.318 e. The largest absolute Gasteiger partial charge is 0.326 e. The fourth-order valence-electron chi connectivity index (χ4n) is 7.40. The monoisotopic (exact) mass is 415 g/mol. The van der Waals surface area contributed by atoms with Crippen LogP contribution in [0, 0.1) is 31.6 Å². The Morgan fingerprint density at radius 3 is 2.10 bits per heavy atom. The number of aryl methyl sites for hydroxylation is 1. The molecule has 3 amide bonds. The molecule has 0 spiro atoms. The zero-order chi connectivity index (χ0) is 21.3. The molecule has 4 saturated carbocycles. The molecule has 5 nitrogen and oxygen atoms in total. The zero-order valence-corrected chi connectivity index (χ0v) is 18.2. The average molecular weight is 416 g/mol. The summed E-state index contributed by atoms with van der Waals surface area (Å²) in [7, 11) is 0. The van der Waals surface area contributed by atoms with E-state index in [9.17, 15) is 9.59 Å². The predicted molar refractivity (Wildman–Crippen MR) is 120 cm³/mol. The molecule has 0 atom stereocenters. The van der Waals surface area contributed by atoms with Gasteiger partial charge in [-0.25, -0.2) is 4.79 Å². The molecular weight excluding hydrogens is 386 g/mol. The first-order valence-corrected chi connectivity index (χ1v) is 11.5. The number of benzene rings is 1. The van der Waals surface area contributed by atoms with Crippen molar-refractivity contribution in [1.82, 2.24) is 15.2 Å². The van der Waals surface area contributed by atoms with Crippen molar-refractivity contribution in [2.45, 2.75) is 57.8 Å². The van der Waals surface area contributed by atoms with Crippen LogP contribution < -0.4 is 10.6 Å². The van der Waals surface area contributed by atoms with E-state index in [-0.39, 0.29) is 5.91 Å². The highest BCUT2D eigenvalue weighted by Crippen LogP contribution is 2.60. The molecular formula is C26H29N3O2. The third-order valence-electron chi connectivity index (χ3n) is 8.27. The van der Waals surface area contributed by atoms with E-state index in [0.717, 1.165) is 40.4 Å². The van der Waals surface area contributed by atoms with Crippen LogP contribution >= 0.6 is 0 Å². The predicted octanol–water partition coefficient (Wildman–Crippen LogP) is 4.74. The summed E-state index contributed by atoms with van der Waals surface area (Å²) in [5, 5.41) is 4.83. The van der Waals surface area contributed by atoms with Crippen LogP contribution in [0.4, 0.5) is 4.79 Å². The highest BCUT2D eigenvalue weighted by atomic mass is 16.2. The molecule has 0 unspecified atom stereocenters. The minimum absolute atomic E-state index is 0.294. The van der Waals surface area contributed by atoms with Crippen molar-refractivity contribution >= 4 is 18.0 Å². The van der Waals surface area contributed by atoms with E-state index in [0.29, 0.717) is 11.1 Å². The van der Waals surface area contributed by atoms with Gasteiger partial charge in [0.1, 0.15) is 5.70 Å². The lowest BCUT2D eigenvalue weighted by atomic mass is 9.48. The van der Waals surface area contributed by atoms with Gasteiger partial charge in [0.05, 0.1) is 0 Å². The van der Waals surface area contributed by atoms with Crippen LogP contribution in [0.2, 0.25) is 0 Å². The maximum Gasteiger partial charge on any atom is 0.326 e. The number of nitrogens with one attached hydrogen (secondary N) is 2. The molecule has 1 aliphatic heterocycles. The second-order valence-corrected chi connectivity index (χ2v) is 10.4. The molecule has 5 fully saturated rings. The second kappa shape index (κ2) is 6.59. The van der Waals surface area contributed by atoms with Crippen LogP contribution in [0.5, 0.6) is 0 Å². The third-order valence-corrected chi connectivity index (χ3v) is 8.27.